The minimum Gasteiger partial charge on any atom is -0.478 e. The number of benzene rings is 1. The standard InChI is InChI=1S/C16H19N3O2/c1-10-7-11(2)15-12(16(20)21)9-14(18-13(15)8-10)19-5-3-17-4-6-19/h7-9,17H,3-6H2,1-2H3,(H,20,21). The number of anilines is 1. The number of hydrogen-bond donors (Lipinski definition) is 2. The summed E-state index contributed by atoms with van der Waals surface area (Å²) in [5, 5.41) is 13.6. The molecule has 0 unspecified atom stereocenters. The second-order valence-corrected chi connectivity index (χ2v) is 5.55. The number of aromatic nitrogens is 1. The van der Waals surface area contributed by atoms with E-state index in [0.717, 1.165) is 54.0 Å². The number of fused-ring (bicyclic) bond motifs is 1. The van der Waals surface area contributed by atoms with E-state index in [1.807, 2.05) is 26.0 Å². The molecule has 5 heteroatoms. The normalized spacial score (nSPS) is 15.4. The average Bonchev–Trinajstić information content (AvgIpc) is 2.46. The Balaban J connectivity index is 2.21. The van der Waals surface area contributed by atoms with Gasteiger partial charge in [-0.15, -0.1) is 0 Å². The molecule has 5 nitrogen and oxygen atoms in total. The van der Waals surface area contributed by atoms with Crippen molar-refractivity contribution in [1.82, 2.24) is 10.3 Å². The van der Waals surface area contributed by atoms with Gasteiger partial charge in [0.05, 0.1) is 11.1 Å². The fourth-order valence-electron chi connectivity index (χ4n) is 2.97. The molecule has 0 atom stereocenters. The first kappa shape index (κ1) is 13.8. The Bertz CT molecular complexity index is 706. The molecule has 21 heavy (non-hydrogen) atoms. The van der Waals surface area contributed by atoms with Gasteiger partial charge in [-0.2, -0.15) is 0 Å². The molecule has 2 N–H and O–H groups in total. The lowest BCUT2D eigenvalue weighted by molar-refractivity contribution is 0.0699. The molecule has 0 spiro atoms. The fraction of sp³-hybridized carbons (Fsp3) is 0.375. The van der Waals surface area contributed by atoms with Gasteiger partial charge in [0.2, 0.25) is 0 Å². The van der Waals surface area contributed by atoms with Crippen molar-refractivity contribution < 1.29 is 9.90 Å². The minimum absolute atomic E-state index is 0.339. The molecule has 1 aliphatic rings. The van der Waals surface area contributed by atoms with Crippen molar-refractivity contribution in [2.75, 3.05) is 31.1 Å². The quantitative estimate of drug-likeness (QED) is 0.883. The summed E-state index contributed by atoms with van der Waals surface area (Å²) >= 11 is 0. The van der Waals surface area contributed by atoms with Crippen molar-refractivity contribution >= 4 is 22.7 Å². The summed E-state index contributed by atoms with van der Waals surface area (Å²) in [5.74, 6) is -0.142. The SMILES string of the molecule is Cc1cc(C)c2c(C(=O)O)cc(N3CCNCC3)nc2c1. The number of piperazine rings is 1. The highest BCUT2D eigenvalue weighted by atomic mass is 16.4. The number of carboxylic acids is 1. The van der Waals surface area contributed by atoms with Crippen molar-refractivity contribution in [3.8, 4) is 0 Å². The van der Waals surface area contributed by atoms with Crippen LogP contribution >= 0.6 is 0 Å². The Morgan fingerprint density at radius 1 is 1.24 bits per heavy atom. The molecule has 1 aromatic carbocycles. The molecule has 2 aromatic rings. The Morgan fingerprint density at radius 2 is 1.95 bits per heavy atom. The number of carboxylic acid groups (broad SMARTS) is 1. The highest BCUT2D eigenvalue weighted by Crippen LogP contribution is 2.27. The van der Waals surface area contributed by atoms with Gasteiger partial charge in [0.15, 0.2) is 0 Å². The number of rotatable bonds is 2. The monoisotopic (exact) mass is 285 g/mol. The van der Waals surface area contributed by atoms with E-state index in [2.05, 4.69) is 10.2 Å². The van der Waals surface area contributed by atoms with Crippen LogP contribution < -0.4 is 10.2 Å². The van der Waals surface area contributed by atoms with E-state index in [-0.39, 0.29) is 0 Å². The van der Waals surface area contributed by atoms with Crippen molar-refractivity contribution in [1.29, 1.82) is 0 Å². The van der Waals surface area contributed by atoms with Gasteiger partial charge in [-0.25, -0.2) is 9.78 Å². The van der Waals surface area contributed by atoms with E-state index in [1.165, 1.54) is 0 Å². The highest BCUT2D eigenvalue weighted by Gasteiger charge is 2.18. The predicted octanol–water partition coefficient (Wildman–Crippen LogP) is 1.96. The molecule has 1 saturated heterocycles. The first-order valence-corrected chi connectivity index (χ1v) is 7.17. The van der Waals surface area contributed by atoms with Crippen LogP contribution in [0.4, 0.5) is 5.82 Å². The molecule has 0 radical (unpaired) electrons. The van der Waals surface area contributed by atoms with Gasteiger partial charge in [-0.1, -0.05) is 6.07 Å². The number of pyridine rings is 1. The Kier molecular flexibility index (Phi) is 3.51. The summed E-state index contributed by atoms with van der Waals surface area (Å²) < 4.78 is 0. The van der Waals surface area contributed by atoms with E-state index < -0.39 is 5.97 Å². The smallest absolute Gasteiger partial charge is 0.336 e. The Morgan fingerprint density at radius 3 is 2.62 bits per heavy atom. The van der Waals surface area contributed by atoms with Gasteiger partial charge in [-0.3, -0.25) is 0 Å². The molecular weight excluding hydrogens is 266 g/mol. The third-order valence-electron chi connectivity index (χ3n) is 3.91. The van der Waals surface area contributed by atoms with Crippen LogP contribution in [0.1, 0.15) is 21.5 Å². The van der Waals surface area contributed by atoms with E-state index in [0.29, 0.717) is 5.56 Å². The molecule has 1 aliphatic heterocycles. The molecule has 0 amide bonds. The first-order valence-electron chi connectivity index (χ1n) is 7.17. The summed E-state index contributed by atoms with van der Waals surface area (Å²) in [6, 6.07) is 5.67. The number of hydrogen-bond acceptors (Lipinski definition) is 4. The summed E-state index contributed by atoms with van der Waals surface area (Å²) in [7, 11) is 0. The molecule has 0 aliphatic carbocycles. The molecule has 110 valence electrons. The van der Waals surface area contributed by atoms with Gasteiger partial charge < -0.3 is 15.3 Å². The van der Waals surface area contributed by atoms with E-state index >= 15 is 0 Å². The van der Waals surface area contributed by atoms with Crippen LogP contribution in [-0.4, -0.2) is 42.2 Å². The third-order valence-corrected chi connectivity index (χ3v) is 3.91. The van der Waals surface area contributed by atoms with Gasteiger partial charge in [0.25, 0.3) is 0 Å². The molecule has 1 fully saturated rings. The lowest BCUT2D eigenvalue weighted by atomic mass is 10.0. The maximum absolute atomic E-state index is 11.6. The summed E-state index contributed by atoms with van der Waals surface area (Å²) in [5.41, 5.74) is 3.16. The van der Waals surface area contributed by atoms with Crippen LogP contribution in [0.15, 0.2) is 18.2 Å². The van der Waals surface area contributed by atoms with Crippen molar-refractivity contribution in [2.24, 2.45) is 0 Å². The summed E-state index contributed by atoms with van der Waals surface area (Å²) in [6.45, 7) is 7.44. The maximum atomic E-state index is 11.6. The molecule has 0 bridgehead atoms. The Labute approximate surface area is 123 Å². The fourth-order valence-corrected chi connectivity index (χ4v) is 2.97. The van der Waals surface area contributed by atoms with Gasteiger partial charge >= 0.3 is 5.97 Å². The molecule has 2 heterocycles. The van der Waals surface area contributed by atoms with Crippen molar-refractivity contribution in [2.45, 2.75) is 13.8 Å². The van der Waals surface area contributed by atoms with Crippen LogP contribution in [0.3, 0.4) is 0 Å². The van der Waals surface area contributed by atoms with Crippen LogP contribution in [0.2, 0.25) is 0 Å². The zero-order valence-electron chi connectivity index (χ0n) is 12.3. The second-order valence-electron chi connectivity index (χ2n) is 5.55. The average molecular weight is 285 g/mol. The van der Waals surface area contributed by atoms with Crippen LogP contribution in [0, 0.1) is 13.8 Å². The predicted molar refractivity (Wildman–Crippen MR) is 83.3 cm³/mol. The van der Waals surface area contributed by atoms with Crippen molar-refractivity contribution in [3.63, 3.8) is 0 Å². The van der Waals surface area contributed by atoms with Crippen LogP contribution in [0.25, 0.3) is 10.9 Å². The molecule has 0 saturated carbocycles. The first-order chi connectivity index (χ1) is 10.1. The highest BCUT2D eigenvalue weighted by molar-refractivity contribution is 6.05. The minimum atomic E-state index is -0.897. The molecular formula is C16H19N3O2. The van der Waals surface area contributed by atoms with Crippen molar-refractivity contribution in [3.05, 3.63) is 34.9 Å². The number of nitrogens with zero attached hydrogens (tertiary/aromatic N) is 2. The lowest BCUT2D eigenvalue weighted by Gasteiger charge is -2.29. The van der Waals surface area contributed by atoms with Gasteiger partial charge in [0.1, 0.15) is 5.82 Å². The zero-order valence-corrected chi connectivity index (χ0v) is 12.3. The number of aromatic carboxylic acids is 1. The zero-order chi connectivity index (χ0) is 15.0. The third kappa shape index (κ3) is 2.56. The Hall–Kier alpha value is -2.14. The number of carbonyl (C=O) groups is 1. The summed E-state index contributed by atoms with van der Waals surface area (Å²) in [6.07, 6.45) is 0. The van der Waals surface area contributed by atoms with Gasteiger partial charge in [0, 0.05) is 31.6 Å². The number of aryl methyl sites for hydroxylation is 2. The second kappa shape index (κ2) is 5.33. The van der Waals surface area contributed by atoms with Crippen LogP contribution in [0.5, 0.6) is 0 Å². The molecule has 1 aromatic heterocycles. The van der Waals surface area contributed by atoms with Gasteiger partial charge in [-0.05, 0) is 37.1 Å². The largest absolute Gasteiger partial charge is 0.478 e. The maximum Gasteiger partial charge on any atom is 0.336 e. The van der Waals surface area contributed by atoms with E-state index in [9.17, 15) is 9.90 Å². The van der Waals surface area contributed by atoms with E-state index in [4.69, 9.17) is 4.98 Å². The number of nitrogens with one attached hydrogen (secondary N) is 1. The summed E-state index contributed by atoms with van der Waals surface area (Å²) in [4.78, 5) is 18.5. The van der Waals surface area contributed by atoms with Crippen LogP contribution in [-0.2, 0) is 0 Å². The lowest BCUT2D eigenvalue weighted by Crippen LogP contribution is -2.44. The molecule has 3 rings (SSSR count). The van der Waals surface area contributed by atoms with E-state index in [1.54, 1.807) is 6.07 Å². The topological polar surface area (TPSA) is 65.5 Å².